The summed E-state index contributed by atoms with van der Waals surface area (Å²) in [6.07, 6.45) is 21.3. The average Bonchev–Trinajstić information content (AvgIpc) is 1.54. The van der Waals surface area contributed by atoms with Gasteiger partial charge in [0.05, 0.1) is 22.7 Å². The van der Waals surface area contributed by atoms with E-state index in [0.717, 1.165) is 104 Å². The predicted molar refractivity (Wildman–Crippen MR) is 541 cm³/mol. The van der Waals surface area contributed by atoms with E-state index in [-0.39, 0.29) is 21.7 Å². The van der Waals surface area contributed by atoms with E-state index < -0.39 is 0 Å². The summed E-state index contributed by atoms with van der Waals surface area (Å²) in [5, 5.41) is 4.89. The Labute approximate surface area is 770 Å². The monoisotopic (exact) mass is 1690 g/mol. The van der Waals surface area contributed by atoms with Gasteiger partial charge < -0.3 is 19.1 Å². The summed E-state index contributed by atoms with van der Waals surface area (Å²) < 4.78 is 6.42. The Morgan fingerprint density at radius 3 is 1.02 bits per heavy atom. The molecular formula is C127H109N3O. The minimum atomic E-state index is 0.000813. The van der Waals surface area contributed by atoms with Crippen molar-refractivity contribution in [1.82, 2.24) is 0 Å². The zero-order valence-corrected chi connectivity index (χ0v) is 75.0. The van der Waals surface area contributed by atoms with E-state index in [0.29, 0.717) is 0 Å². The molecule has 131 heavy (non-hydrogen) atoms. The lowest BCUT2D eigenvalue weighted by Crippen LogP contribution is -2.55. The highest BCUT2D eigenvalue weighted by atomic mass is 16.3. The normalized spacial score (nSPS) is 26.5. The number of benzene rings is 16. The van der Waals surface area contributed by atoms with Crippen LogP contribution in [-0.4, -0.2) is 0 Å². The second kappa shape index (κ2) is 29.2. The number of anilines is 9. The Balaban J connectivity index is 0.0000000991. The molecule has 12 bridgehead atoms. The highest BCUT2D eigenvalue weighted by Gasteiger charge is 2.66. The predicted octanol–water partition coefficient (Wildman–Crippen LogP) is 33.7. The molecular weight excluding hydrogens is 1580 g/mol. The van der Waals surface area contributed by atoms with Gasteiger partial charge in [-0.2, -0.15) is 0 Å². The first-order chi connectivity index (χ1) is 64.6. The minimum Gasteiger partial charge on any atom is -0.455 e. The summed E-state index contributed by atoms with van der Waals surface area (Å²) in [6.45, 7) is 4.75. The van der Waals surface area contributed by atoms with Crippen molar-refractivity contribution in [3.8, 4) is 55.6 Å². The molecule has 638 valence electrons. The van der Waals surface area contributed by atoms with Crippen LogP contribution in [0.15, 0.2) is 374 Å². The van der Waals surface area contributed by atoms with Crippen LogP contribution in [0.3, 0.4) is 0 Å². The molecule has 12 saturated carbocycles. The van der Waals surface area contributed by atoms with Gasteiger partial charge in [-0.25, -0.2) is 0 Å². The van der Waals surface area contributed by atoms with Crippen molar-refractivity contribution in [3.63, 3.8) is 0 Å². The van der Waals surface area contributed by atoms with Gasteiger partial charge >= 0.3 is 0 Å². The molecule has 12 fully saturated rings. The van der Waals surface area contributed by atoms with Crippen molar-refractivity contribution >= 4 is 83.9 Å². The number of nitrogens with zero attached hydrogens (tertiary/aromatic N) is 3. The van der Waals surface area contributed by atoms with E-state index in [1.165, 1.54) is 214 Å². The van der Waals surface area contributed by atoms with Crippen LogP contribution in [0, 0.1) is 71.0 Å². The van der Waals surface area contributed by atoms with Gasteiger partial charge in [0.1, 0.15) is 11.2 Å². The number of para-hydroxylation sites is 5. The number of hydrogen-bond donors (Lipinski definition) is 0. The van der Waals surface area contributed by atoms with Gasteiger partial charge in [0.25, 0.3) is 0 Å². The SMILES string of the molecule is CC1(C)c2ccccc2-c2cc(N(c3ccccc3)c3cccc4c3-c3ccccc3C43C4CC5CC(C4)CC3C5)ccc21.c1ccc(N(c2ccc(-c3cccc4c3oc3ccccc34)cc2)c2cccc3c2-c2ccccc2C32C3CC4CC(C3)CC2C4)cc1.c1ccc(N(c2cccc3c2-c2ccccc2C32C3CC4CC(C3)CC2C4)c2cccc3ccccc23)cc1. The number of furan rings is 1. The molecule has 1 aromatic heterocycles. The smallest absolute Gasteiger partial charge is 0.143 e. The van der Waals surface area contributed by atoms with Gasteiger partial charge in [-0.05, 0) is 342 Å². The van der Waals surface area contributed by atoms with E-state index >= 15 is 0 Å². The lowest BCUT2D eigenvalue weighted by molar-refractivity contribution is -0.0399. The molecule has 0 radical (unpaired) electrons. The number of fused-ring (bicyclic) bond motifs is 16. The molecule has 0 N–H and O–H groups in total. The second-order valence-corrected chi connectivity index (χ2v) is 42.5. The van der Waals surface area contributed by atoms with Crippen LogP contribution >= 0.6 is 0 Å². The summed E-state index contributed by atoms with van der Waals surface area (Å²) in [7, 11) is 0. The molecule has 17 aromatic rings. The molecule has 0 atom stereocenters. The molecule has 16 aromatic carbocycles. The first-order valence-corrected chi connectivity index (χ1v) is 49.6. The van der Waals surface area contributed by atoms with Gasteiger partial charge in [-0.3, -0.25) is 0 Å². The largest absolute Gasteiger partial charge is 0.455 e. The summed E-state index contributed by atoms with van der Waals surface area (Å²) in [5.74, 6) is 10.2. The fourth-order valence-corrected chi connectivity index (χ4v) is 32.1. The lowest BCUT2D eigenvalue weighted by Gasteiger charge is -2.61. The summed E-state index contributed by atoms with van der Waals surface area (Å²) in [5.41, 5.74) is 39.8. The molecule has 0 saturated heterocycles. The highest BCUT2D eigenvalue weighted by molar-refractivity contribution is 6.10. The first-order valence-electron chi connectivity index (χ1n) is 49.6. The molecule has 4 nitrogen and oxygen atoms in total. The van der Waals surface area contributed by atoms with Crippen molar-refractivity contribution in [1.29, 1.82) is 0 Å². The number of rotatable bonds is 10. The third-order valence-electron chi connectivity index (χ3n) is 36.1. The first kappa shape index (κ1) is 76.8. The van der Waals surface area contributed by atoms with Crippen LogP contribution in [0.2, 0.25) is 0 Å². The standard InChI is InChI=1S/C46H37NO.C43H39N.C38H33N/c1-2-10-34(11-3-1)47(35-22-20-31(21-23-35)36-14-8-15-38-37-12-5-7-19-43(37)48-45(36)38)42-18-9-17-41-44(42)39-13-4-6-16-40(39)46(41)32-25-29-24-30(27-32)28-33(46)26-29;1-42(2)36-15-8-6-13-33(36)35-26-32(19-20-37(35)42)44(31-11-4-3-5-12-31)40-18-10-17-39-41(40)34-14-7-9-16-38(34)43(39)29-22-27-21-28(24-29)25-30(43)23-27;1-2-12-30(13-3-1)39(35-18-8-11-27-10-4-5-14-31(27)35)36-19-9-17-34-37(36)32-15-6-7-16-33(32)38(34)28-21-25-20-26(23-28)24-29(38)22-25/h1-23,29-30,32-33H,24-28H2;3-20,26-30H,21-25H2,1-2H3;1-19,25-26,28-29H,20-24H2. The summed E-state index contributed by atoms with van der Waals surface area (Å²) in [4.78, 5) is 7.59. The molecule has 1 heterocycles. The van der Waals surface area contributed by atoms with Crippen molar-refractivity contribution < 1.29 is 4.42 Å². The maximum Gasteiger partial charge on any atom is 0.143 e. The van der Waals surface area contributed by atoms with Crippen LogP contribution in [0.5, 0.6) is 0 Å². The Hall–Kier alpha value is -13.0. The third-order valence-corrected chi connectivity index (χ3v) is 36.1. The molecule has 16 aliphatic rings. The Morgan fingerprint density at radius 1 is 0.221 bits per heavy atom. The highest BCUT2D eigenvalue weighted by Crippen LogP contribution is 2.75. The molecule has 3 spiro atoms. The summed E-state index contributed by atoms with van der Waals surface area (Å²) in [6, 6.07) is 139. The summed E-state index contributed by atoms with van der Waals surface area (Å²) >= 11 is 0. The van der Waals surface area contributed by atoms with Crippen LogP contribution < -0.4 is 14.7 Å². The van der Waals surface area contributed by atoms with E-state index in [1.54, 1.807) is 33.4 Å². The van der Waals surface area contributed by atoms with E-state index in [2.05, 4.69) is 393 Å². The average molecular weight is 1690 g/mol. The lowest BCUT2D eigenvalue weighted by atomic mass is 9.43. The van der Waals surface area contributed by atoms with Gasteiger partial charge in [0, 0.05) is 88.5 Å². The Morgan fingerprint density at radius 2 is 0.542 bits per heavy atom. The zero-order chi connectivity index (χ0) is 86.2. The topological polar surface area (TPSA) is 22.9 Å². The maximum atomic E-state index is 6.42. The minimum absolute atomic E-state index is 0.000813. The van der Waals surface area contributed by atoms with Gasteiger partial charge in [-0.1, -0.05) is 293 Å². The van der Waals surface area contributed by atoms with E-state index in [4.69, 9.17) is 4.42 Å². The van der Waals surface area contributed by atoms with Gasteiger partial charge in [0.15, 0.2) is 0 Å². The van der Waals surface area contributed by atoms with E-state index in [9.17, 15) is 0 Å². The molecule has 0 amide bonds. The third kappa shape index (κ3) is 11.1. The molecule has 0 aliphatic heterocycles. The number of hydrogen-bond acceptors (Lipinski definition) is 4. The molecule has 16 aliphatic carbocycles. The fraction of sp³-hybridized carbons (Fsp3) is 0.260. The van der Waals surface area contributed by atoms with Gasteiger partial charge in [-0.15, -0.1) is 0 Å². The van der Waals surface area contributed by atoms with Crippen LogP contribution in [0.4, 0.5) is 51.2 Å². The van der Waals surface area contributed by atoms with Crippen molar-refractivity contribution in [2.75, 3.05) is 14.7 Å². The van der Waals surface area contributed by atoms with Crippen LogP contribution in [0.1, 0.15) is 155 Å². The van der Waals surface area contributed by atoms with Crippen LogP contribution in [0.25, 0.3) is 88.3 Å². The van der Waals surface area contributed by atoms with Crippen LogP contribution in [-0.2, 0) is 21.7 Å². The zero-order valence-electron chi connectivity index (χ0n) is 75.0. The Bertz CT molecular complexity index is 7370. The van der Waals surface area contributed by atoms with Gasteiger partial charge in [0.2, 0.25) is 0 Å². The second-order valence-electron chi connectivity index (χ2n) is 42.5. The quantitative estimate of drug-likeness (QED) is 0.136. The molecule has 33 rings (SSSR count). The van der Waals surface area contributed by atoms with Crippen molar-refractivity contribution in [2.24, 2.45) is 71.0 Å². The van der Waals surface area contributed by atoms with E-state index in [1.807, 2.05) is 6.07 Å². The van der Waals surface area contributed by atoms with Crippen molar-refractivity contribution in [2.45, 2.75) is 132 Å². The fourth-order valence-electron chi connectivity index (χ4n) is 32.1. The van der Waals surface area contributed by atoms with Crippen molar-refractivity contribution in [3.05, 3.63) is 415 Å². The maximum absolute atomic E-state index is 6.42. The molecule has 0 unspecified atom stereocenters. The Kier molecular flexibility index (Phi) is 17.1. The molecule has 4 heteroatoms.